The maximum absolute atomic E-state index is 5.85. The summed E-state index contributed by atoms with van der Waals surface area (Å²) in [6, 6.07) is 79.8. The van der Waals surface area contributed by atoms with Gasteiger partial charge >= 0.3 is 0 Å². The van der Waals surface area contributed by atoms with Gasteiger partial charge in [0, 0.05) is 16.2 Å². The number of ether oxygens (including phenoxy) is 1. The second-order valence-corrected chi connectivity index (χ2v) is 20.6. The lowest BCUT2D eigenvalue weighted by molar-refractivity contribution is 0.420. The summed E-state index contributed by atoms with van der Waals surface area (Å²) >= 11 is 0. The van der Waals surface area contributed by atoms with Crippen molar-refractivity contribution >= 4 is 53.9 Å². The minimum absolute atomic E-state index is 0.0805. The first-order chi connectivity index (χ1) is 34.2. The first-order valence-electron chi connectivity index (χ1n) is 24.7. The Hall–Kier alpha value is -8.26. The SMILES string of the molecule is COc1ccc(-c2c3ccccc3c(-c3ccc4c(c3)C(C)(C)c3cc(-c5c6ccccc6c(-c6ccc7c(c6)C(C)(C)c6ccccc6-7)c6ccccc56)ccc3-4)c3ccccc23)c2ccccc12. The molecule has 0 unspecified atom stereocenters. The van der Waals surface area contributed by atoms with Gasteiger partial charge in [-0.2, -0.15) is 0 Å². The molecule has 1 heteroatoms. The van der Waals surface area contributed by atoms with Crippen LogP contribution in [0, 0.1) is 0 Å². The Labute approximate surface area is 409 Å². The van der Waals surface area contributed by atoms with Crippen molar-refractivity contribution in [1.29, 1.82) is 0 Å². The third kappa shape index (κ3) is 5.61. The molecule has 2 aliphatic rings. The smallest absolute Gasteiger partial charge is 0.126 e. The van der Waals surface area contributed by atoms with Crippen LogP contribution in [-0.2, 0) is 10.8 Å². The van der Waals surface area contributed by atoms with Crippen molar-refractivity contribution in [2.45, 2.75) is 38.5 Å². The molecule has 0 bridgehead atoms. The third-order valence-electron chi connectivity index (χ3n) is 16.4. The van der Waals surface area contributed by atoms with Crippen LogP contribution in [0.5, 0.6) is 5.75 Å². The molecule has 0 radical (unpaired) electrons. The molecule has 70 heavy (non-hydrogen) atoms. The van der Waals surface area contributed by atoms with E-state index in [2.05, 4.69) is 240 Å². The molecule has 0 aliphatic heterocycles. The van der Waals surface area contributed by atoms with Crippen LogP contribution in [-0.4, -0.2) is 7.11 Å². The molecule has 2 aliphatic carbocycles. The van der Waals surface area contributed by atoms with E-state index in [-0.39, 0.29) is 10.8 Å². The summed E-state index contributed by atoms with van der Waals surface area (Å²) in [5, 5.41) is 12.4. The van der Waals surface area contributed by atoms with Gasteiger partial charge in [-0.1, -0.05) is 216 Å². The minimum Gasteiger partial charge on any atom is -0.496 e. The monoisotopic (exact) mass is 894 g/mol. The summed E-state index contributed by atoms with van der Waals surface area (Å²) in [7, 11) is 1.76. The topological polar surface area (TPSA) is 9.23 Å². The fraction of sp³-hybridized carbons (Fsp3) is 0.101. The Morgan fingerprint density at radius 1 is 0.257 bits per heavy atom. The van der Waals surface area contributed by atoms with Gasteiger partial charge < -0.3 is 4.74 Å². The Bertz CT molecular complexity index is 4110. The third-order valence-corrected chi connectivity index (χ3v) is 16.4. The van der Waals surface area contributed by atoms with E-state index in [1.807, 2.05) is 0 Å². The minimum atomic E-state index is -0.245. The van der Waals surface area contributed by atoms with E-state index < -0.39 is 0 Å². The molecule has 0 saturated carbocycles. The van der Waals surface area contributed by atoms with Gasteiger partial charge in [0.25, 0.3) is 0 Å². The fourth-order valence-corrected chi connectivity index (χ4v) is 13.1. The molecule has 0 saturated heterocycles. The van der Waals surface area contributed by atoms with Crippen LogP contribution >= 0.6 is 0 Å². The maximum atomic E-state index is 5.85. The first kappa shape index (κ1) is 40.8. The van der Waals surface area contributed by atoms with Crippen molar-refractivity contribution in [2.75, 3.05) is 7.11 Å². The van der Waals surface area contributed by atoms with Crippen molar-refractivity contribution in [3.8, 4) is 72.5 Å². The van der Waals surface area contributed by atoms with Gasteiger partial charge in [0.1, 0.15) is 5.75 Å². The Kier molecular flexibility index (Phi) is 8.66. The molecular formula is C69H50O. The molecule has 0 amide bonds. The van der Waals surface area contributed by atoms with Crippen LogP contribution < -0.4 is 4.74 Å². The highest BCUT2D eigenvalue weighted by molar-refractivity contribution is 6.24. The molecule has 0 spiro atoms. The van der Waals surface area contributed by atoms with E-state index in [9.17, 15) is 0 Å². The Balaban J connectivity index is 0.917. The number of benzene rings is 12. The van der Waals surface area contributed by atoms with Crippen molar-refractivity contribution in [3.63, 3.8) is 0 Å². The largest absolute Gasteiger partial charge is 0.496 e. The van der Waals surface area contributed by atoms with Crippen molar-refractivity contribution in [1.82, 2.24) is 0 Å². The number of rotatable bonds is 5. The number of methoxy groups -OCH3 is 1. The van der Waals surface area contributed by atoms with E-state index in [4.69, 9.17) is 4.74 Å². The van der Waals surface area contributed by atoms with Crippen molar-refractivity contribution in [2.24, 2.45) is 0 Å². The van der Waals surface area contributed by atoms with Crippen LogP contribution in [0.15, 0.2) is 212 Å². The van der Waals surface area contributed by atoms with Gasteiger partial charge in [0.05, 0.1) is 7.11 Å². The Morgan fingerprint density at radius 2 is 0.557 bits per heavy atom. The van der Waals surface area contributed by atoms with E-state index >= 15 is 0 Å². The zero-order valence-electron chi connectivity index (χ0n) is 40.1. The Morgan fingerprint density at radius 3 is 0.957 bits per heavy atom. The molecule has 332 valence electrons. The molecule has 12 aromatic carbocycles. The van der Waals surface area contributed by atoms with Gasteiger partial charge in [-0.15, -0.1) is 0 Å². The zero-order chi connectivity index (χ0) is 47.0. The molecule has 1 nitrogen and oxygen atoms in total. The van der Waals surface area contributed by atoms with Crippen LogP contribution in [0.4, 0.5) is 0 Å². The quantitative estimate of drug-likeness (QED) is 0.156. The van der Waals surface area contributed by atoms with E-state index in [0.29, 0.717) is 0 Å². The van der Waals surface area contributed by atoms with Gasteiger partial charge in [-0.05, 0) is 162 Å². The molecule has 0 aromatic heterocycles. The normalized spacial score (nSPS) is 14.0. The molecule has 0 fully saturated rings. The van der Waals surface area contributed by atoms with Gasteiger partial charge in [-0.3, -0.25) is 0 Å². The summed E-state index contributed by atoms with van der Waals surface area (Å²) in [5.41, 5.74) is 20.6. The molecule has 0 N–H and O–H groups in total. The highest BCUT2D eigenvalue weighted by atomic mass is 16.5. The van der Waals surface area contributed by atoms with Gasteiger partial charge in [-0.25, -0.2) is 0 Å². The van der Waals surface area contributed by atoms with E-state index in [1.54, 1.807) is 7.11 Å². The van der Waals surface area contributed by atoms with Crippen molar-refractivity contribution < 1.29 is 4.74 Å². The maximum Gasteiger partial charge on any atom is 0.126 e. The predicted molar refractivity (Wildman–Crippen MR) is 297 cm³/mol. The average molecular weight is 895 g/mol. The lowest BCUT2D eigenvalue weighted by Gasteiger charge is -2.24. The molecular weight excluding hydrogens is 845 g/mol. The zero-order valence-corrected chi connectivity index (χ0v) is 40.1. The van der Waals surface area contributed by atoms with E-state index in [0.717, 1.165) is 11.1 Å². The standard InChI is InChI=1S/C69H50O/c1-68(2)59-29-17-16-19-45(59)46-33-30-41(38-60(46)68)64-50-21-8-10-23-52(50)65(53-24-11-9-22-51(53)64)42-31-34-47-48-35-32-43(40-62(48)69(3,4)61(47)39-42)66-54-25-12-14-27-56(54)67(57-28-15-13-26-55(57)66)58-36-37-63(70-5)49-20-7-6-18-44(49)58/h6-40H,1-5H3. The molecule has 0 heterocycles. The predicted octanol–water partition coefficient (Wildman–Crippen LogP) is 18.7. The van der Waals surface area contributed by atoms with Crippen LogP contribution in [0.25, 0.3) is 121 Å². The van der Waals surface area contributed by atoms with Gasteiger partial charge in [0.15, 0.2) is 0 Å². The fourth-order valence-electron chi connectivity index (χ4n) is 13.1. The summed E-state index contributed by atoms with van der Waals surface area (Å²) < 4.78 is 5.85. The number of fused-ring (bicyclic) bond motifs is 11. The number of hydrogen-bond acceptors (Lipinski definition) is 1. The lowest BCUT2D eigenvalue weighted by atomic mass is 9.79. The molecule has 12 aromatic rings. The lowest BCUT2D eigenvalue weighted by Crippen LogP contribution is -2.15. The first-order valence-corrected chi connectivity index (χ1v) is 24.7. The average Bonchev–Trinajstić information content (AvgIpc) is 3.77. The van der Waals surface area contributed by atoms with Crippen LogP contribution in [0.1, 0.15) is 49.9 Å². The summed E-state index contributed by atoms with van der Waals surface area (Å²) in [6.07, 6.45) is 0. The van der Waals surface area contributed by atoms with Crippen LogP contribution in [0.3, 0.4) is 0 Å². The molecule has 14 rings (SSSR count). The number of hydrogen-bond donors (Lipinski definition) is 0. The summed E-state index contributed by atoms with van der Waals surface area (Å²) in [6.45, 7) is 9.60. The van der Waals surface area contributed by atoms with Gasteiger partial charge in [0.2, 0.25) is 0 Å². The van der Waals surface area contributed by atoms with Crippen LogP contribution in [0.2, 0.25) is 0 Å². The highest BCUT2D eigenvalue weighted by Crippen LogP contribution is 2.55. The second kappa shape index (κ2) is 14.9. The molecule has 0 atom stereocenters. The van der Waals surface area contributed by atoms with Crippen molar-refractivity contribution in [3.05, 3.63) is 235 Å². The second-order valence-electron chi connectivity index (χ2n) is 20.6. The summed E-state index contributed by atoms with van der Waals surface area (Å²) in [5.74, 6) is 0.889. The highest BCUT2D eigenvalue weighted by Gasteiger charge is 2.38. The summed E-state index contributed by atoms with van der Waals surface area (Å²) in [4.78, 5) is 0. The van der Waals surface area contributed by atoms with E-state index in [1.165, 1.54) is 137 Å².